The zero-order chi connectivity index (χ0) is 13.4. The third-order valence-corrected chi connectivity index (χ3v) is 6.64. The largest absolute Gasteiger partial charge is 0.279 e. The average molecular weight is 271 g/mol. The Morgan fingerprint density at radius 2 is 1.40 bits per heavy atom. The van der Waals surface area contributed by atoms with Crippen LogP contribution in [0.25, 0.3) is 0 Å². The highest BCUT2D eigenvalue weighted by atomic mass is 16.2. The number of rotatable bonds is 1. The summed E-state index contributed by atoms with van der Waals surface area (Å²) in [4.78, 5) is 27.5. The molecule has 2 bridgehead atoms. The Balaban J connectivity index is 1.50. The van der Waals surface area contributed by atoms with Crippen LogP contribution in [0.5, 0.6) is 0 Å². The second-order valence-electron chi connectivity index (χ2n) is 7.49. The highest BCUT2D eigenvalue weighted by molar-refractivity contribution is 6.06. The Labute approximate surface area is 119 Å². The Bertz CT molecular complexity index is 483. The number of amides is 2. The van der Waals surface area contributed by atoms with Gasteiger partial charge in [-0.25, -0.2) is 0 Å². The first-order chi connectivity index (χ1) is 9.77. The molecule has 1 heterocycles. The molecule has 6 rings (SSSR count). The minimum absolute atomic E-state index is 0.00294. The number of likely N-dealkylation sites (tertiary alicyclic amines) is 1. The van der Waals surface area contributed by atoms with E-state index in [-0.39, 0.29) is 29.7 Å². The van der Waals surface area contributed by atoms with Gasteiger partial charge in [0.2, 0.25) is 11.8 Å². The standard InChI is InChI=1S/C17H21NO2/c19-16-14-10-6-7-11(13-8-12(10)13)15(14)17(20)18(16)9-4-2-1-3-5-9/h6-7,9-15H,1-5,8H2/t10-,11-,12+,13+,14-,15+/m0/s1. The molecule has 0 unspecified atom stereocenters. The van der Waals surface area contributed by atoms with E-state index in [1.807, 2.05) is 0 Å². The lowest BCUT2D eigenvalue weighted by Crippen LogP contribution is -2.42. The number of nitrogens with zero attached hydrogens (tertiary/aromatic N) is 1. The van der Waals surface area contributed by atoms with Crippen LogP contribution in [0.4, 0.5) is 0 Å². The zero-order valence-electron chi connectivity index (χ0n) is 11.7. The van der Waals surface area contributed by atoms with E-state index in [0.717, 1.165) is 12.8 Å². The van der Waals surface area contributed by atoms with Gasteiger partial charge in [0.25, 0.3) is 0 Å². The molecule has 20 heavy (non-hydrogen) atoms. The molecule has 0 aromatic rings. The minimum Gasteiger partial charge on any atom is -0.279 e. The van der Waals surface area contributed by atoms with Gasteiger partial charge in [-0.3, -0.25) is 14.5 Å². The van der Waals surface area contributed by atoms with E-state index in [1.54, 1.807) is 4.90 Å². The molecule has 6 aliphatic rings. The van der Waals surface area contributed by atoms with Gasteiger partial charge in [0.05, 0.1) is 11.8 Å². The first kappa shape index (κ1) is 11.5. The van der Waals surface area contributed by atoms with Crippen molar-refractivity contribution in [2.75, 3.05) is 0 Å². The van der Waals surface area contributed by atoms with Crippen LogP contribution < -0.4 is 0 Å². The SMILES string of the molecule is O=C1[C@@H]2[C@H]3C=C[C@@H]([C@H]4C[C@H]34)[C@@H]2C(=O)N1C1CCCCC1. The van der Waals surface area contributed by atoms with Crippen LogP contribution in [-0.4, -0.2) is 22.8 Å². The van der Waals surface area contributed by atoms with E-state index in [1.165, 1.54) is 25.7 Å². The van der Waals surface area contributed by atoms with E-state index < -0.39 is 0 Å². The van der Waals surface area contributed by atoms with Crippen LogP contribution in [0.1, 0.15) is 38.5 Å². The van der Waals surface area contributed by atoms with Gasteiger partial charge in [-0.2, -0.15) is 0 Å². The van der Waals surface area contributed by atoms with Gasteiger partial charge in [-0.05, 0) is 42.9 Å². The summed E-state index contributed by atoms with van der Waals surface area (Å²) in [5.74, 6) is 2.54. The monoisotopic (exact) mass is 271 g/mol. The average Bonchev–Trinajstić information content (AvgIpc) is 3.25. The van der Waals surface area contributed by atoms with Gasteiger partial charge in [-0.15, -0.1) is 0 Å². The van der Waals surface area contributed by atoms with Gasteiger partial charge in [-0.1, -0.05) is 31.4 Å². The van der Waals surface area contributed by atoms with Crippen molar-refractivity contribution in [3.63, 3.8) is 0 Å². The number of hydrogen-bond acceptors (Lipinski definition) is 2. The second-order valence-corrected chi connectivity index (χ2v) is 7.49. The number of allylic oxidation sites excluding steroid dienone is 2. The van der Waals surface area contributed by atoms with Crippen LogP contribution in [0.2, 0.25) is 0 Å². The lowest BCUT2D eigenvalue weighted by molar-refractivity contribution is -0.143. The molecule has 3 nitrogen and oxygen atoms in total. The van der Waals surface area contributed by atoms with Crippen LogP contribution >= 0.6 is 0 Å². The summed E-state index contributed by atoms with van der Waals surface area (Å²) in [5, 5.41) is 0. The van der Waals surface area contributed by atoms with Crippen molar-refractivity contribution in [2.45, 2.75) is 44.6 Å². The third kappa shape index (κ3) is 1.27. The number of hydrogen-bond donors (Lipinski definition) is 0. The lowest BCUT2D eigenvalue weighted by atomic mass is 9.63. The third-order valence-electron chi connectivity index (χ3n) is 6.64. The zero-order valence-corrected chi connectivity index (χ0v) is 11.7. The van der Waals surface area contributed by atoms with Gasteiger partial charge < -0.3 is 0 Å². The molecule has 3 saturated carbocycles. The summed E-state index contributed by atoms with van der Waals surface area (Å²) in [5.41, 5.74) is 0. The molecule has 2 amide bonds. The van der Waals surface area contributed by atoms with Crippen molar-refractivity contribution in [2.24, 2.45) is 35.5 Å². The Morgan fingerprint density at radius 3 is 1.95 bits per heavy atom. The molecule has 0 aromatic carbocycles. The second kappa shape index (κ2) is 3.75. The molecule has 0 aromatic heterocycles. The van der Waals surface area contributed by atoms with Crippen molar-refractivity contribution < 1.29 is 9.59 Å². The molecule has 106 valence electrons. The molecule has 5 aliphatic carbocycles. The first-order valence-corrected chi connectivity index (χ1v) is 8.32. The highest BCUT2D eigenvalue weighted by Crippen LogP contribution is 2.65. The maximum atomic E-state index is 12.9. The molecular weight excluding hydrogens is 250 g/mol. The summed E-state index contributed by atoms with van der Waals surface area (Å²) in [6.45, 7) is 0. The molecule has 3 heteroatoms. The number of imide groups is 1. The highest BCUT2D eigenvalue weighted by Gasteiger charge is 2.67. The Morgan fingerprint density at radius 1 is 0.850 bits per heavy atom. The van der Waals surface area contributed by atoms with Crippen molar-refractivity contribution in [3.05, 3.63) is 12.2 Å². The summed E-state index contributed by atoms with van der Waals surface area (Å²) >= 11 is 0. The molecule has 0 spiro atoms. The topological polar surface area (TPSA) is 37.4 Å². The van der Waals surface area contributed by atoms with E-state index in [0.29, 0.717) is 23.7 Å². The van der Waals surface area contributed by atoms with Gasteiger partial charge in [0.1, 0.15) is 0 Å². The molecule has 0 radical (unpaired) electrons. The van der Waals surface area contributed by atoms with Crippen LogP contribution in [0.15, 0.2) is 12.2 Å². The fourth-order valence-corrected chi connectivity index (χ4v) is 5.68. The summed E-state index contributed by atoms with van der Waals surface area (Å²) in [6, 6.07) is 0.213. The normalized spacial score (nSPS) is 49.5. The van der Waals surface area contributed by atoms with Gasteiger partial charge >= 0.3 is 0 Å². The molecule has 1 saturated heterocycles. The van der Waals surface area contributed by atoms with Gasteiger partial charge in [0.15, 0.2) is 0 Å². The molecule has 4 fully saturated rings. The Hall–Kier alpha value is -1.12. The lowest BCUT2D eigenvalue weighted by Gasteiger charge is -2.37. The molecule has 0 N–H and O–H groups in total. The quantitative estimate of drug-likeness (QED) is 0.542. The van der Waals surface area contributed by atoms with Crippen molar-refractivity contribution >= 4 is 11.8 Å². The van der Waals surface area contributed by atoms with E-state index in [9.17, 15) is 9.59 Å². The van der Waals surface area contributed by atoms with Crippen molar-refractivity contribution in [1.82, 2.24) is 4.90 Å². The predicted molar refractivity (Wildman–Crippen MR) is 73.4 cm³/mol. The van der Waals surface area contributed by atoms with Crippen LogP contribution in [0, 0.1) is 35.5 Å². The maximum absolute atomic E-state index is 12.9. The molecule has 1 aliphatic heterocycles. The fourth-order valence-electron chi connectivity index (χ4n) is 5.68. The van der Waals surface area contributed by atoms with Crippen LogP contribution in [0.3, 0.4) is 0 Å². The Kier molecular flexibility index (Phi) is 2.16. The van der Waals surface area contributed by atoms with E-state index in [4.69, 9.17) is 0 Å². The van der Waals surface area contributed by atoms with E-state index in [2.05, 4.69) is 12.2 Å². The summed E-state index contributed by atoms with van der Waals surface area (Å²) in [7, 11) is 0. The summed E-state index contributed by atoms with van der Waals surface area (Å²) in [6.07, 6.45) is 11.4. The molecule has 6 atom stereocenters. The predicted octanol–water partition coefficient (Wildman–Crippen LogP) is 2.37. The maximum Gasteiger partial charge on any atom is 0.233 e. The van der Waals surface area contributed by atoms with Crippen molar-refractivity contribution in [3.8, 4) is 0 Å². The van der Waals surface area contributed by atoms with Crippen LogP contribution in [-0.2, 0) is 9.59 Å². The molecular formula is C17H21NO2. The number of carbonyl (C=O) groups is 2. The number of carbonyl (C=O) groups excluding carboxylic acids is 2. The smallest absolute Gasteiger partial charge is 0.233 e. The van der Waals surface area contributed by atoms with E-state index >= 15 is 0 Å². The van der Waals surface area contributed by atoms with Crippen molar-refractivity contribution in [1.29, 1.82) is 0 Å². The first-order valence-electron chi connectivity index (χ1n) is 8.32. The minimum atomic E-state index is 0.00294. The summed E-state index contributed by atoms with van der Waals surface area (Å²) < 4.78 is 0. The van der Waals surface area contributed by atoms with Gasteiger partial charge in [0, 0.05) is 6.04 Å². The fraction of sp³-hybridized carbons (Fsp3) is 0.765.